The van der Waals surface area contributed by atoms with Gasteiger partial charge in [-0.25, -0.2) is 18.4 Å². The lowest BCUT2D eigenvalue weighted by atomic mass is 9.82. The van der Waals surface area contributed by atoms with Gasteiger partial charge in [0.15, 0.2) is 0 Å². The molecule has 0 radical (unpaired) electrons. The number of halogens is 4. The molecule has 0 saturated carbocycles. The van der Waals surface area contributed by atoms with Gasteiger partial charge in [0.25, 0.3) is 5.56 Å². The van der Waals surface area contributed by atoms with E-state index >= 15 is 4.39 Å². The molecule has 2 heterocycles. The van der Waals surface area contributed by atoms with Crippen molar-refractivity contribution in [3.8, 4) is 0 Å². The number of fused-ring (bicyclic) bond motifs is 1. The quantitative estimate of drug-likeness (QED) is 0.448. The summed E-state index contributed by atoms with van der Waals surface area (Å²) in [5.74, 6) is -5.29. The zero-order valence-corrected chi connectivity index (χ0v) is 22.3. The Balaban J connectivity index is 2.20. The SMILES string of the molecule is CCOC(=O)C1=C(N)n2c(sc(=Cc3c(F)cccc3Cl)c2=O)=C(C(=O)OCC)[C@H]1c1c(F)cccc1Cl. The fourth-order valence-corrected chi connectivity index (χ4v) is 5.75. The monoisotopic (exact) mass is 580 g/mol. The number of carbonyl (C=O) groups excluding carboxylic acids is 2. The minimum atomic E-state index is -1.47. The van der Waals surface area contributed by atoms with Crippen LogP contribution in [0.15, 0.2) is 46.8 Å². The van der Waals surface area contributed by atoms with E-state index in [-0.39, 0.29) is 54.7 Å². The lowest BCUT2D eigenvalue weighted by molar-refractivity contribution is -0.138. The van der Waals surface area contributed by atoms with Gasteiger partial charge in [-0.3, -0.25) is 9.36 Å². The maximum absolute atomic E-state index is 15.3. The molecule has 1 aliphatic rings. The van der Waals surface area contributed by atoms with Gasteiger partial charge in [-0.2, -0.15) is 0 Å². The van der Waals surface area contributed by atoms with Crippen LogP contribution in [0.5, 0.6) is 0 Å². The average molecular weight is 581 g/mol. The molecular weight excluding hydrogens is 561 g/mol. The van der Waals surface area contributed by atoms with Crippen LogP contribution in [-0.4, -0.2) is 29.7 Å². The molecule has 0 bridgehead atoms. The molecule has 0 unspecified atom stereocenters. The Bertz CT molecular complexity index is 1640. The van der Waals surface area contributed by atoms with Crippen LogP contribution < -0.4 is 20.5 Å². The molecule has 2 N–H and O–H groups in total. The molecule has 0 spiro atoms. The number of hydrogen-bond donors (Lipinski definition) is 1. The van der Waals surface area contributed by atoms with Crippen molar-refractivity contribution in [3.63, 3.8) is 0 Å². The Kier molecular flexibility index (Phi) is 8.05. The first kappa shape index (κ1) is 27.6. The van der Waals surface area contributed by atoms with Crippen LogP contribution in [0.1, 0.15) is 30.9 Å². The Hall–Kier alpha value is -3.47. The summed E-state index contributed by atoms with van der Waals surface area (Å²) in [6.45, 7) is 2.97. The Morgan fingerprint density at radius 1 is 1.00 bits per heavy atom. The predicted molar refractivity (Wildman–Crippen MR) is 141 cm³/mol. The largest absolute Gasteiger partial charge is 0.463 e. The molecule has 0 aliphatic carbocycles. The first-order valence-corrected chi connectivity index (χ1v) is 12.9. The van der Waals surface area contributed by atoms with Crippen molar-refractivity contribution in [1.82, 2.24) is 4.57 Å². The van der Waals surface area contributed by atoms with Crippen LogP contribution in [0, 0.1) is 11.6 Å². The van der Waals surface area contributed by atoms with Gasteiger partial charge in [-0.15, -0.1) is 11.3 Å². The molecule has 0 fully saturated rings. The molecule has 7 nitrogen and oxygen atoms in total. The minimum absolute atomic E-state index is 0.0398. The first-order chi connectivity index (χ1) is 18.1. The van der Waals surface area contributed by atoms with E-state index in [4.69, 9.17) is 38.4 Å². The van der Waals surface area contributed by atoms with Crippen LogP contribution in [0.3, 0.4) is 0 Å². The van der Waals surface area contributed by atoms with E-state index in [9.17, 15) is 18.8 Å². The zero-order valence-electron chi connectivity index (χ0n) is 20.0. The van der Waals surface area contributed by atoms with Gasteiger partial charge in [0.1, 0.15) is 22.1 Å². The number of ether oxygens (including phenoxy) is 2. The number of thiazole rings is 1. The van der Waals surface area contributed by atoms with Gasteiger partial charge in [-0.1, -0.05) is 35.3 Å². The van der Waals surface area contributed by atoms with Gasteiger partial charge in [0.2, 0.25) is 0 Å². The fourth-order valence-electron chi connectivity index (χ4n) is 4.12. The molecule has 0 saturated heterocycles. The summed E-state index contributed by atoms with van der Waals surface area (Å²) >= 11 is 13.3. The van der Waals surface area contributed by atoms with Crippen molar-refractivity contribution in [3.05, 3.63) is 94.3 Å². The van der Waals surface area contributed by atoms with Crippen molar-refractivity contribution in [1.29, 1.82) is 0 Å². The van der Waals surface area contributed by atoms with Crippen molar-refractivity contribution in [2.75, 3.05) is 13.2 Å². The van der Waals surface area contributed by atoms with Crippen LogP contribution in [0.4, 0.5) is 8.78 Å². The zero-order chi connectivity index (χ0) is 27.7. The van der Waals surface area contributed by atoms with E-state index in [0.29, 0.717) is 0 Å². The Morgan fingerprint density at radius 2 is 1.58 bits per heavy atom. The third-order valence-corrected chi connectivity index (χ3v) is 7.47. The number of aromatic nitrogens is 1. The highest BCUT2D eigenvalue weighted by molar-refractivity contribution is 7.07. The number of benzene rings is 2. The number of rotatable bonds is 6. The highest BCUT2D eigenvalue weighted by atomic mass is 35.5. The van der Waals surface area contributed by atoms with Crippen LogP contribution in [0.2, 0.25) is 10.0 Å². The number of nitrogens with two attached hydrogens (primary N) is 1. The number of esters is 2. The highest BCUT2D eigenvalue weighted by Crippen LogP contribution is 2.41. The molecule has 38 heavy (non-hydrogen) atoms. The predicted octanol–water partition coefficient (Wildman–Crippen LogP) is 3.53. The normalized spacial score (nSPS) is 15.5. The van der Waals surface area contributed by atoms with Crippen LogP contribution >= 0.6 is 34.5 Å². The van der Waals surface area contributed by atoms with Crippen LogP contribution in [-0.2, 0) is 19.1 Å². The Labute approximate surface area is 229 Å². The van der Waals surface area contributed by atoms with Crippen molar-refractivity contribution in [2.45, 2.75) is 19.8 Å². The van der Waals surface area contributed by atoms with Crippen molar-refractivity contribution >= 4 is 63.9 Å². The smallest absolute Gasteiger partial charge is 0.338 e. The number of carbonyl (C=O) groups is 2. The molecule has 0 amide bonds. The highest BCUT2D eigenvalue weighted by Gasteiger charge is 2.42. The van der Waals surface area contributed by atoms with Crippen molar-refractivity contribution < 1.29 is 27.8 Å². The van der Waals surface area contributed by atoms with E-state index in [0.717, 1.165) is 22.0 Å². The van der Waals surface area contributed by atoms with Gasteiger partial charge in [0.05, 0.1) is 39.8 Å². The minimum Gasteiger partial charge on any atom is -0.463 e. The Morgan fingerprint density at radius 3 is 2.16 bits per heavy atom. The van der Waals surface area contributed by atoms with Gasteiger partial charge in [0, 0.05) is 16.1 Å². The number of nitrogens with zero attached hydrogens (tertiary/aromatic N) is 1. The second kappa shape index (κ2) is 11.1. The lowest BCUT2D eigenvalue weighted by Gasteiger charge is -2.27. The van der Waals surface area contributed by atoms with E-state index in [1.165, 1.54) is 36.4 Å². The summed E-state index contributed by atoms with van der Waals surface area (Å²) in [4.78, 5) is 40.0. The molecule has 4 rings (SSSR count). The molecule has 1 aromatic heterocycles. The fraction of sp³-hybridized carbons (Fsp3) is 0.192. The second-order valence-electron chi connectivity index (χ2n) is 7.91. The van der Waals surface area contributed by atoms with E-state index in [2.05, 4.69) is 0 Å². The summed E-state index contributed by atoms with van der Waals surface area (Å²) in [5, 5.41) is -0.0502. The van der Waals surface area contributed by atoms with Crippen LogP contribution in [0.25, 0.3) is 17.5 Å². The lowest BCUT2D eigenvalue weighted by Crippen LogP contribution is -2.42. The summed E-state index contributed by atoms with van der Waals surface area (Å²) in [6.07, 6.45) is 1.21. The molecule has 1 atom stereocenters. The van der Waals surface area contributed by atoms with E-state index < -0.39 is 40.9 Å². The summed E-state index contributed by atoms with van der Waals surface area (Å²) in [5.41, 5.74) is 4.68. The number of hydrogen-bond acceptors (Lipinski definition) is 7. The van der Waals surface area contributed by atoms with Gasteiger partial charge < -0.3 is 15.2 Å². The molecular formula is C26H20Cl2F2N2O5S. The van der Waals surface area contributed by atoms with E-state index in [1.807, 2.05) is 0 Å². The van der Waals surface area contributed by atoms with Gasteiger partial charge >= 0.3 is 11.9 Å². The first-order valence-electron chi connectivity index (χ1n) is 11.3. The summed E-state index contributed by atoms with van der Waals surface area (Å²) in [6, 6.07) is 7.87. The second-order valence-corrected chi connectivity index (χ2v) is 9.76. The average Bonchev–Trinajstić information content (AvgIpc) is 3.17. The molecule has 198 valence electrons. The topological polar surface area (TPSA) is 101 Å². The summed E-state index contributed by atoms with van der Waals surface area (Å²) < 4.78 is 41.0. The summed E-state index contributed by atoms with van der Waals surface area (Å²) in [7, 11) is 0. The van der Waals surface area contributed by atoms with Gasteiger partial charge in [-0.05, 0) is 44.2 Å². The maximum atomic E-state index is 15.3. The third-order valence-electron chi connectivity index (χ3n) is 5.70. The molecule has 12 heteroatoms. The van der Waals surface area contributed by atoms with E-state index in [1.54, 1.807) is 13.8 Å². The molecule has 3 aromatic rings. The maximum Gasteiger partial charge on any atom is 0.338 e. The molecule has 2 aromatic carbocycles. The third kappa shape index (κ3) is 4.75. The standard InChI is InChI=1S/C26H20Cl2F2N2O5S/c1-3-36-25(34)20-19(18-14(28)8-6-10-16(18)30)21(26(35)37-4-2)24-32(22(20)31)23(33)17(38-24)11-12-13(27)7-5-9-15(12)29/h5-11,19H,3-4,31H2,1-2H3/t19-/m0/s1. The molecule has 1 aliphatic heterocycles. The van der Waals surface area contributed by atoms with Crippen molar-refractivity contribution in [2.24, 2.45) is 5.73 Å².